The number of rotatable bonds is 5. The molecule has 0 spiro atoms. The quantitative estimate of drug-likeness (QED) is 0.898. The van der Waals surface area contributed by atoms with Gasteiger partial charge in [-0.15, -0.1) is 0 Å². The lowest BCUT2D eigenvalue weighted by Gasteiger charge is -2.10. The maximum atomic E-state index is 5.80. The highest BCUT2D eigenvalue weighted by Gasteiger charge is 2.02. The number of hydrogen-bond donors (Lipinski definition) is 1. The fourth-order valence-electron chi connectivity index (χ4n) is 1.80. The molecule has 2 rings (SSSR count). The van der Waals surface area contributed by atoms with Crippen LogP contribution in [0, 0.1) is 6.92 Å². The molecule has 0 amide bonds. The Hall–Kier alpha value is -1.55. The molecular weight excluding hydrogens is 304 g/mol. The van der Waals surface area contributed by atoms with Gasteiger partial charge in [-0.1, -0.05) is 15.9 Å². The molecule has 19 heavy (non-hydrogen) atoms. The fraction of sp³-hybridized carbons (Fsp3) is 0.267. The van der Waals surface area contributed by atoms with E-state index in [1.807, 2.05) is 37.3 Å². The van der Waals surface area contributed by atoms with Gasteiger partial charge in [0.1, 0.15) is 12.4 Å². The lowest BCUT2D eigenvalue weighted by Crippen LogP contribution is -2.02. The Kier molecular flexibility index (Phi) is 4.80. The van der Waals surface area contributed by atoms with Crippen molar-refractivity contribution in [2.24, 2.45) is 0 Å². The van der Waals surface area contributed by atoms with E-state index >= 15 is 0 Å². The summed E-state index contributed by atoms with van der Waals surface area (Å²) in [6.45, 7) is 5.47. The van der Waals surface area contributed by atoms with Crippen LogP contribution < -0.4 is 10.1 Å². The maximum Gasteiger partial charge on any atom is 0.130 e. The summed E-state index contributed by atoms with van der Waals surface area (Å²) in [5.41, 5.74) is 3.10. The smallest absolute Gasteiger partial charge is 0.130 e. The van der Waals surface area contributed by atoms with Crippen molar-refractivity contribution in [2.45, 2.75) is 20.5 Å². The first-order valence-electron chi connectivity index (χ1n) is 6.27. The minimum Gasteiger partial charge on any atom is -0.487 e. The molecule has 1 aromatic carbocycles. The van der Waals surface area contributed by atoms with Crippen LogP contribution in [-0.2, 0) is 6.61 Å². The second kappa shape index (κ2) is 6.57. The highest BCUT2D eigenvalue weighted by molar-refractivity contribution is 9.10. The molecule has 2 aromatic rings. The van der Waals surface area contributed by atoms with E-state index in [1.54, 1.807) is 6.20 Å². The van der Waals surface area contributed by atoms with Crippen molar-refractivity contribution < 1.29 is 4.74 Å². The Morgan fingerprint density at radius 3 is 2.84 bits per heavy atom. The van der Waals surface area contributed by atoms with Gasteiger partial charge in [-0.05, 0) is 49.7 Å². The zero-order chi connectivity index (χ0) is 13.7. The third-order valence-corrected chi connectivity index (χ3v) is 3.20. The molecule has 0 atom stereocenters. The number of nitrogens with one attached hydrogen (secondary N) is 1. The molecule has 0 saturated heterocycles. The van der Waals surface area contributed by atoms with Gasteiger partial charge in [0.2, 0.25) is 0 Å². The molecule has 3 nitrogen and oxygen atoms in total. The van der Waals surface area contributed by atoms with Gasteiger partial charge < -0.3 is 10.1 Å². The summed E-state index contributed by atoms with van der Waals surface area (Å²) in [6.07, 6.45) is 1.80. The van der Waals surface area contributed by atoms with E-state index in [4.69, 9.17) is 4.74 Å². The molecule has 0 saturated carbocycles. The van der Waals surface area contributed by atoms with E-state index in [1.165, 1.54) is 0 Å². The first kappa shape index (κ1) is 13.9. The van der Waals surface area contributed by atoms with Crippen molar-refractivity contribution >= 4 is 21.6 Å². The standard InChI is InChI=1S/C15H17BrN2O/c1-3-17-13-6-7-18-14(9-13)10-19-15-5-4-12(16)8-11(15)2/h4-9H,3,10H2,1-2H3,(H,17,18). The number of halogens is 1. The van der Waals surface area contributed by atoms with Crippen LogP contribution in [0.15, 0.2) is 41.0 Å². The van der Waals surface area contributed by atoms with Crippen LogP contribution in [0.2, 0.25) is 0 Å². The second-order valence-electron chi connectivity index (χ2n) is 4.26. The molecule has 0 aliphatic carbocycles. The number of ether oxygens (including phenoxy) is 1. The van der Waals surface area contributed by atoms with Crippen molar-refractivity contribution in [2.75, 3.05) is 11.9 Å². The molecule has 1 heterocycles. The summed E-state index contributed by atoms with van der Waals surface area (Å²) in [5, 5.41) is 3.26. The highest BCUT2D eigenvalue weighted by atomic mass is 79.9. The van der Waals surface area contributed by atoms with Crippen LogP contribution in [0.5, 0.6) is 5.75 Å². The molecule has 0 aliphatic heterocycles. The van der Waals surface area contributed by atoms with E-state index in [-0.39, 0.29) is 0 Å². The number of benzene rings is 1. The molecule has 0 fully saturated rings. The Morgan fingerprint density at radius 1 is 1.26 bits per heavy atom. The lowest BCUT2D eigenvalue weighted by atomic mass is 10.2. The zero-order valence-electron chi connectivity index (χ0n) is 11.1. The van der Waals surface area contributed by atoms with Crippen molar-refractivity contribution in [3.05, 3.63) is 52.3 Å². The van der Waals surface area contributed by atoms with Crippen LogP contribution in [0.1, 0.15) is 18.2 Å². The van der Waals surface area contributed by atoms with Crippen LogP contribution in [0.4, 0.5) is 5.69 Å². The van der Waals surface area contributed by atoms with Gasteiger partial charge >= 0.3 is 0 Å². The summed E-state index contributed by atoms with van der Waals surface area (Å²) in [5.74, 6) is 0.888. The Morgan fingerprint density at radius 2 is 2.11 bits per heavy atom. The molecule has 100 valence electrons. The Bertz CT molecular complexity index is 558. The average Bonchev–Trinajstić information content (AvgIpc) is 2.38. The molecule has 0 bridgehead atoms. The predicted octanol–water partition coefficient (Wildman–Crippen LogP) is 4.16. The Labute approximate surface area is 122 Å². The normalized spacial score (nSPS) is 10.3. The number of aromatic nitrogens is 1. The lowest BCUT2D eigenvalue weighted by molar-refractivity contribution is 0.299. The van der Waals surface area contributed by atoms with Gasteiger partial charge in [-0.25, -0.2) is 0 Å². The van der Waals surface area contributed by atoms with Crippen LogP contribution >= 0.6 is 15.9 Å². The minimum atomic E-state index is 0.474. The third kappa shape index (κ3) is 3.96. The molecule has 0 unspecified atom stereocenters. The number of nitrogens with zero attached hydrogens (tertiary/aromatic N) is 1. The van der Waals surface area contributed by atoms with E-state index in [9.17, 15) is 0 Å². The second-order valence-corrected chi connectivity index (χ2v) is 5.18. The van der Waals surface area contributed by atoms with E-state index in [0.29, 0.717) is 6.61 Å². The SMILES string of the molecule is CCNc1ccnc(COc2ccc(Br)cc2C)c1. The number of anilines is 1. The van der Waals surface area contributed by atoms with Gasteiger partial charge in [-0.2, -0.15) is 0 Å². The first-order valence-corrected chi connectivity index (χ1v) is 7.06. The fourth-order valence-corrected chi connectivity index (χ4v) is 2.27. The van der Waals surface area contributed by atoms with E-state index < -0.39 is 0 Å². The molecule has 1 aromatic heterocycles. The molecule has 0 radical (unpaired) electrons. The Balaban J connectivity index is 2.03. The summed E-state index contributed by atoms with van der Waals surface area (Å²) in [7, 11) is 0. The van der Waals surface area contributed by atoms with Gasteiger partial charge in [0, 0.05) is 22.9 Å². The summed E-state index contributed by atoms with van der Waals surface area (Å²) in [4.78, 5) is 4.31. The number of pyridine rings is 1. The van der Waals surface area contributed by atoms with Crippen LogP contribution in [-0.4, -0.2) is 11.5 Å². The van der Waals surface area contributed by atoms with Crippen LogP contribution in [0.3, 0.4) is 0 Å². The predicted molar refractivity (Wildman–Crippen MR) is 81.6 cm³/mol. The monoisotopic (exact) mass is 320 g/mol. The van der Waals surface area contributed by atoms with Gasteiger partial charge in [0.25, 0.3) is 0 Å². The van der Waals surface area contributed by atoms with Gasteiger partial charge in [-0.3, -0.25) is 4.98 Å². The first-order chi connectivity index (χ1) is 9.19. The molecule has 0 aliphatic rings. The molecule has 4 heteroatoms. The van der Waals surface area contributed by atoms with Gasteiger partial charge in [0.05, 0.1) is 5.69 Å². The average molecular weight is 321 g/mol. The third-order valence-electron chi connectivity index (χ3n) is 2.71. The summed E-state index contributed by atoms with van der Waals surface area (Å²) in [6, 6.07) is 9.95. The minimum absolute atomic E-state index is 0.474. The van der Waals surface area contributed by atoms with Crippen molar-refractivity contribution in [3.63, 3.8) is 0 Å². The van der Waals surface area contributed by atoms with Crippen molar-refractivity contribution in [3.8, 4) is 5.75 Å². The van der Waals surface area contributed by atoms with E-state index in [0.717, 1.165) is 33.7 Å². The van der Waals surface area contributed by atoms with Crippen LogP contribution in [0.25, 0.3) is 0 Å². The highest BCUT2D eigenvalue weighted by Crippen LogP contribution is 2.23. The largest absolute Gasteiger partial charge is 0.487 e. The van der Waals surface area contributed by atoms with Crippen molar-refractivity contribution in [1.82, 2.24) is 4.98 Å². The number of hydrogen-bond acceptors (Lipinski definition) is 3. The molecule has 1 N–H and O–H groups in total. The van der Waals surface area contributed by atoms with Crippen molar-refractivity contribution in [1.29, 1.82) is 0 Å². The molecular formula is C15H17BrN2O. The van der Waals surface area contributed by atoms with Gasteiger partial charge in [0.15, 0.2) is 0 Å². The number of aryl methyl sites for hydroxylation is 1. The summed E-state index contributed by atoms with van der Waals surface area (Å²) >= 11 is 3.44. The van der Waals surface area contributed by atoms with E-state index in [2.05, 4.69) is 33.2 Å². The zero-order valence-corrected chi connectivity index (χ0v) is 12.7. The maximum absolute atomic E-state index is 5.80. The topological polar surface area (TPSA) is 34.2 Å². The summed E-state index contributed by atoms with van der Waals surface area (Å²) < 4.78 is 6.86.